The molecule has 0 bridgehead atoms. The maximum absolute atomic E-state index is 11.7. The molecule has 1 aromatic carbocycles. The molecule has 4 nitrogen and oxygen atoms in total. The number of amides is 1. The van der Waals surface area contributed by atoms with Gasteiger partial charge >= 0.3 is 0 Å². The third-order valence-corrected chi connectivity index (χ3v) is 3.69. The summed E-state index contributed by atoms with van der Waals surface area (Å²) < 4.78 is 0. The van der Waals surface area contributed by atoms with Crippen molar-refractivity contribution in [2.75, 3.05) is 5.01 Å². The Kier molecular flexibility index (Phi) is 4.87. The largest absolute Gasteiger partial charge is 0.273 e. The van der Waals surface area contributed by atoms with Crippen molar-refractivity contribution in [1.82, 2.24) is 4.98 Å². The first-order valence-electron chi connectivity index (χ1n) is 6.02. The second-order valence-electron chi connectivity index (χ2n) is 4.24. The summed E-state index contributed by atoms with van der Waals surface area (Å²) in [5.74, 6) is 0.132. The highest BCUT2D eigenvalue weighted by molar-refractivity contribution is 7.14. The maximum Gasteiger partial charge on any atom is 0.246 e. The first kappa shape index (κ1) is 14.7. The fraction of sp³-hybridized carbons (Fsp3) is 0.214. The van der Waals surface area contributed by atoms with Crippen molar-refractivity contribution in [2.24, 2.45) is 5.10 Å². The Morgan fingerprint density at radius 2 is 2.15 bits per heavy atom. The number of aromatic nitrogens is 1. The quantitative estimate of drug-likeness (QED) is 0.492. The molecule has 0 aliphatic heterocycles. The molecule has 2 rings (SSSR count). The first-order valence-corrected chi connectivity index (χ1v) is 7.43. The van der Waals surface area contributed by atoms with Gasteiger partial charge in [-0.1, -0.05) is 29.8 Å². The molecule has 0 saturated carbocycles. The predicted octanol–water partition coefficient (Wildman–Crippen LogP) is 3.58. The predicted molar refractivity (Wildman–Crippen MR) is 83.6 cm³/mol. The van der Waals surface area contributed by atoms with Crippen LogP contribution < -0.4 is 5.01 Å². The molecule has 0 N–H and O–H groups in total. The molecule has 0 spiro atoms. The molecule has 0 atom stereocenters. The van der Waals surface area contributed by atoms with Crippen LogP contribution in [0.3, 0.4) is 0 Å². The Labute approximate surface area is 126 Å². The van der Waals surface area contributed by atoms with Crippen LogP contribution in [-0.4, -0.2) is 17.1 Å². The average molecular weight is 308 g/mol. The van der Waals surface area contributed by atoms with E-state index in [-0.39, 0.29) is 5.91 Å². The Bertz CT molecular complexity index is 622. The third-order valence-electron chi connectivity index (χ3n) is 2.56. The number of aryl methyl sites for hydroxylation is 1. The summed E-state index contributed by atoms with van der Waals surface area (Å²) in [6, 6.07) is 7.88. The summed E-state index contributed by atoms with van der Waals surface area (Å²) in [6.07, 6.45) is 1.64. The van der Waals surface area contributed by atoms with E-state index < -0.39 is 0 Å². The van der Waals surface area contributed by atoms with Crippen molar-refractivity contribution in [3.63, 3.8) is 0 Å². The molecule has 1 amide bonds. The van der Waals surface area contributed by atoms with Gasteiger partial charge in [-0.25, -0.2) is 4.98 Å². The number of rotatable bonds is 4. The van der Waals surface area contributed by atoms with E-state index in [1.54, 1.807) is 6.21 Å². The number of benzene rings is 1. The Morgan fingerprint density at radius 3 is 2.70 bits per heavy atom. The molecule has 0 saturated heterocycles. The van der Waals surface area contributed by atoms with Crippen LogP contribution in [-0.2, 0) is 10.7 Å². The molecule has 0 radical (unpaired) electrons. The van der Waals surface area contributed by atoms with Gasteiger partial charge in [0, 0.05) is 12.3 Å². The van der Waals surface area contributed by atoms with Gasteiger partial charge in [0.1, 0.15) is 0 Å². The summed E-state index contributed by atoms with van der Waals surface area (Å²) in [5.41, 5.74) is 2.84. The van der Waals surface area contributed by atoms with Gasteiger partial charge in [0.15, 0.2) is 0 Å². The van der Waals surface area contributed by atoms with Gasteiger partial charge in [-0.3, -0.25) is 4.79 Å². The van der Waals surface area contributed by atoms with E-state index in [2.05, 4.69) is 10.1 Å². The zero-order chi connectivity index (χ0) is 14.5. The number of carbonyl (C=O) groups is 1. The second-order valence-corrected chi connectivity index (χ2v) is 5.34. The van der Waals surface area contributed by atoms with Gasteiger partial charge in [0.25, 0.3) is 0 Å². The van der Waals surface area contributed by atoms with Crippen LogP contribution >= 0.6 is 22.9 Å². The molecular formula is C14H14ClN3OS. The number of thiazole rings is 1. The van der Waals surface area contributed by atoms with Crippen LogP contribution in [0.4, 0.5) is 5.13 Å². The molecule has 20 heavy (non-hydrogen) atoms. The highest BCUT2D eigenvalue weighted by Crippen LogP contribution is 2.22. The molecule has 2 aromatic rings. The normalized spacial score (nSPS) is 10.9. The fourth-order valence-corrected chi connectivity index (χ4v) is 2.55. The van der Waals surface area contributed by atoms with Crippen molar-refractivity contribution in [3.8, 4) is 0 Å². The lowest BCUT2D eigenvalue weighted by molar-refractivity contribution is -0.116. The molecule has 1 heterocycles. The van der Waals surface area contributed by atoms with Crippen LogP contribution in [0, 0.1) is 6.92 Å². The second kappa shape index (κ2) is 6.63. The summed E-state index contributed by atoms with van der Waals surface area (Å²) in [7, 11) is 0. The van der Waals surface area contributed by atoms with Crippen molar-refractivity contribution in [2.45, 2.75) is 19.7 Å². The van der Waals surface area contributed by atoms with Crippen molar-refractivity contribution >= 4 is 40.2 Å². The standard InChI is InChI=1S/C14H14ClN3OS/c1-10-3-5-12(6-4-10)8-16-18(11(2)19)14-17-13(7-15)9-20-14/h3-6,8-9H,7H2,1-2H3/b16-8-. The molecule has 0 aliphatic rings. The third kappa shape index (κ3) is 3.65. The number of anilines is 1. The SMILES string of the molecule is CC(=O)N(/N=C\c1ccc(C)cc1)c1nc(CCl)cs1. The molecule has 0 fully saturated rings. The van der Waals surface area contributed by atoms with Gasteiger partial charge in [-0.05, 0) is 12.5 Å². The lowest BCUT2D eigenvalue weighted by Gasteiger charge is -2.10. The molecule has 6 heteroatoms. The molecule has 0 unspecified atom stereocenters. The minimum atomic E-state index is -0.191. The monoisotopic (exact) mass is 307 g/mol. The summed E-state index contributed by atoms with van der Waals surface area (Å²) in [6.45, 7) is 3.47. The molecular weight excluding hydrogens is 294 g/mol. The number of carbonyl (C=O) groups excluding carboxylic acids is 1. The summed E-state index contributed by atoms with van der Waals surface area (Å²) in [5, 5.41) is 7.83. The fourth-order valence-electron chi connectivity index (χ4n) is 1.50. The zero-order valence-electron chi connectivity index (χ0n) is 11.2. The number of hydrogen-bond donors (Lipinski definition) is 0. The van der Waals surface area contributed by atoms with Crippen molar-refractivity contribution < 1.29 is 4.79 Å². The number of alkyl halides is 1. The van der Waals surface area contributed by atoms with E-state index in [0.29, 0.717) is 11.0 Å². The Balaban J connectivity index is 2.21. The van der Waals surface area contributed by atoms with Gasteiger partial charge in [-0.2, -0.15) is 10.1 Å². The number of halogens is 1. The van der Waals surface area contributed by atoms with Gasteiger partial charge in [0.2, 0.25) is 11.0 Å². The topological polar surface area (TPSA) is 45.6 Å². The number of hydrogen-bond acceptors (Lipinski definition) is 4. The van der Waals surface area contributed by atoms with E-state index in [4.69, 9.17) is 11.6 Å². The Morgan fingerprint density at radius 1 is 1.45 bits per heavy atom. The highest BCUT2D eigenvalue weighted by Gasteiger charge is 2.14. The summed E-state index contributed by atoms with van der Waals surface area (Å²) >= 11 is 7.06. The van der Waals surface area contributed by atoms with E-state index in [0.717, 1.165) is 11.3 Å². The van der Waals surface area contributed by atoms with Crippen molar-refractivity contribution in [3.05, 3.63) is 46.5 Å². The number of nitrogens with zero attached hydrogens (tertiary/aromatic N) is 3. The summed E-state index contributed by atoms with van der Waals surface area (Å²) in [4.78, 5) is 15.9. The molecule has 1 aromatic heterocycles. The Hall–Kier alpha value is -1.72. The highest BCUT2D eigenvalue weighted by atomic mass is 35.5. The van der Waals surface area contributed by atoms with Crippen LogP contribution in [0.25, 0.3) is 0 Å². The number of hydrazone groups is 1. The lowest BCUT2D eigenvalue weighted by atomic mass is 10.2. The van der Waals surface area contributed by atoms with Crippen LogP contribution in [0.5, 0.6) is 0 Å². The molecule has 104 valence electrons. The van der Waals surface area contributed by atoms with Crippen LogP contribution in [0.15, 0.2) is 34.7 Å². The maximum atomic E-state index is 11.7. The minimum absolute atomic E-state index is 0.191. The van der Waals surface area contributed by atoms with Gasteiger partial charge < -0.3 is 0 Å². The van der Waals surface area contributed by atoms with Crippen molar-refractivity contribution in [1.29, 1.82) is 0 Å². The van der Waals surface area contributed by atoms with Gasteiger partial charge in [-0.15, -0.1) is 22.9 Å². The van der Waals surface area contributed by atoms with Gasteiger partial charge in [0.05, 0.1) is 17.8 Å². The zero-order valence-corrected chi connectivity index (χ0v) is 12.8. The smallest absolute Gasteiger partial charge is 0.246 e. The molecule has 0 aliphatic carbocycles. The lowest BCUT2D eigenvalue weighted by Crippen LogP contribution is -2.22. The minimum Gasteiger partial charge on any atom is -0.273 e. The van der Waals surface area contributed by atoms with E-state index in [1.807, 2.05) is 36.6 Å². The van der Waals surface area contributed by atoms with Crippen LogP contribution in [0.1, 0.15) is 23.7 Å². The average Bonchev–Trinajstić information content (AvgIpc) is 2.89. The van der Waals surface area contributed by atoms with E-state index in [1.165, 1.54) is 28.8 Å². The van der Waals surface area contributed by atoms with E-state index >= 15 is 0 Å². The first-order chi connectivity index (χ1) is 9.60. The van der Waals surface area contributed by atoms with E-state index in [9.17, 15) is 4.79 Å². The van der Waals surface area contributed by atoms with Crippen LogP contribution in [0.2, 0.25) is 0 Å².